The molecule has 3 rings (SSSR count). The number of hydrogen-bond acceptors (Lipinski definition) is 6. The fourth-order valence-corrected chi connectivity index (χ4v) is 2.75. The van der Waals surface area contributed by atoms with E-state index in [0.29, 0.717) is 23.2 Å². The van der Waals surface area contributed by atoms with Gasteiger partial charge in [-0.1, -0.05) is 13.3 Å². The van der Waals surface area contributed by atoms with Gasteiger partial charge in [0.2, 0.25) is 6.79 Å². The smallest absolute Gasteiger partial charge is 0.280 e. The standard InChI is InChI=1S/C15H15N3O5S/c1-2-3-4-17-14(19)10(16-15(17)24)5-9-6-12-13(23-8-22-12)7-11(9)18(20)21/h5-7H,2-4,8H2,1H3,(H,16,24)/b10-5+. The third kappa shape index (κ3) is 2.90. The van der Waals surface area contributed by atoms with Crippen LogP contribution in [0.25, 0.3) is 6.08 Å². The highest BCUT2D eigenvalue weighted by Gasteiger charge is 2.31. The molecule has 0 spiro atoms. The Morgan fingerprint density at radius 3 is 2.79 bits per heavy atom. The second-order valence-electron chi connectivity index (χ2n) is 5.32. The number of hydrogen-bond donors (Lipinski definition) is 1. The van der Waals surface area contributed by atoms with E-state index >= 15 is 0 Å². The van der Waals surface area contributed by atoms with Crippen molar-refractivity contribution in [1.82, 2.24) is 10.2 Å². The topological polar surface area (TPSA) is 93.9 Å². The monoisotopic (exact) mass is 349 g/mol. The van der Waals surface area contributed by atoms with Crippen LogP contribution in [0.3, 0.4) is 0 Å². The Bertz CT molecular complexity index is 762. The molecule has 1 fully saturated rings. The predicted molar refractivity (Wildman–Crippen MR) is 89.6 cm³/mol. The number of nitro groups is 1. The van der Waals surface area contributed by atoms with Gasteiger partial charge in [0.1, 0.15) is 5.70 Å². The minimum atomic E-state index is -0.527. The number of nitrogens with zero attached hydrogens (tertiary/aromatic N) is 2. The lowest BCUT2D eigenvalue weighted by molar-refractivity contribution is -0.385. The minimum absolute atomic E-state index is 0.0125. The molecule has 1 N–H and O–H groups in total. The lowest BCUT2D eigenvalue weighted by Gasteiger charge is -2.12. The van der Waals surface area contributed by atoms with Crippen molar-refractivity contribution in [2.45, 2.75) is 19.8 Å². The van der Waals surface area contributed by atoms with Crippen molar-refractivity contribution < 1.29 is 19.2 Å². The van der Waals surface area contributed by atoms with Crippen LogP contribution in [0.2, 0.25) is 0 Å². The SMILES string of the molecule is CCCCN1C(=O)/C(=C\c2cc3c(cc2[N+](=O)[O-])OCO3)NC1=S. The summed E-state index contributed by atoms with van der Waals surface area (Å²) in [5.41, 5.74) is 0.289. The average molecular weight is 349 g/mol. The van der Waals surface area contributed by atoms with Crippen LogP contribution in [0.15, 0.2) is 17.8 Å². The molecule has 126 valence electrons. The molecule has 0 atom stereocenters. The van der Waals surface area contributed by atoms with Crippen molar-refractivity contribution in [2.75, 3.05) is 13.3 Å². The summed E-state index contributed by atoms with van der Waals surface area (Å²) in [6, 6.07) is 2.78. The number of unbranched alkanes of at least 4 members (excludes halogenated alkanes) is 1. The molecule has 0 saturated carbocycles. The number of amides is 1. The number of carbonyl (C=O) groups is 1. The van der Waals surface area contributed by atoms with Crippen molar-refractivity contribution in [2.24, 2.45) is 0 Å². The zero-order chi connectivity index (χ0) is 17.3. The molecule has 24 heavy (non-hydrogen) atoms. The lowest BCUT2D eigenvalue weighted by atomic mass is 10.1. The highest BCUT2D eigenvalue weighted by molar-refractivity contribution is 7.80. The average Bonchev–Trinajstić information content (AvgIpc) is 3.10. The number of fused-ring (bicyclic) bond motifs is 1. The van der Waals surface area contributed by atoms with E-state index < -0.39 is 4.92 Å². The molecular formula is C15H15N3O5S. The molecular weight excluding hydrogens is 334 g/mol. The van der Waals surface area contributed by atoms with E-state index in [0.717, 1.165) is 12.8 Å². The van der Waals surface area contributed by atoms with Gasteiger partial charge in [-0.3, -0.25) is 19.8 Å². The quantitative estimate of drug-likeness (QED) is 0.377. The van der Waals surface area contributed by atoms with Gasteiger partial charge in [-0.15, -0.1) is 0 Å². The van der Waals surface area contributed by atoms with Gasteiger partial charge in [-0.05, 0) is 30.8 Å². The van der Waals surface area contributed by atoms with Gasteiger partial charge in [0.15, 0.2) is 16.6 Å². The van der Waals surface area contributed by atoms with E-state index in [1.807, 2.05) is 6.92 Å². The number of nitro benzene ring substituents is 1. The summed E-state index contributed by atoms with van der Waals surface area (Å²) >= 11 is 5.16. The molecule has 1 amide bonds. The van der Waals surface area contributed by atoms with E-state index in [2.05, 4.69) is 5.32 Å². The number of nitrogens with one attached hydrogen (secondary N) is 1. The van der Waals surface area contributed by atoms with Crippen LogP contribution in [-0.4, -0.2) is 34.2 Å². The summed E-state index contributed by atoms with van der Waals surface area (Å²) < 4.78 is 10.4. The lowest BCUT2D eigenvalue weighted by Crippen LogP contribution is -2.31. The summed E-state index contributed by atoms with van der Waals surface area (Å²) in [7, 11) is 0. The van der Waals surface area contributed by atoms with Crippen LogP contribution < -0.4 is 14.8 Å². The molecule has 8 nitrogen and oxygen atoms in total. The summed E-state index contributed by atoms with van der Waals surface area (Å²) in [6.45, 7) is 2.55. The van der Waals surface area contributed by atoms with Gasteiger partial charge in [-0.25, -0.2) is 0 Å². The zero-order valence-electron chi connectivity index (χ0n) is 12.9. The van der Waals surface area contributed by atoms with Gasteiger partial charge in [-0.2, -0.15) is 0 Å². The Morgan fingerprint density at radius 2 is 2.12 bits per heavy atom. The first-order valence-electron chi connectivity index (χ1n) is 7.44. The van der Waals surface area contributed by atoms with Gasteiger partial charge in [0, 0.05) is 6.54 Å². The Hall–Kier alpha value is -2.68. The molecule has 0 unspecified atom stereocenters. The summed E-state index contributed by atoms with van der Waals surface area (Å²) in [4.78, 5) is 24.6. The fourth-order valence-electron chi connectivity index (χ4n) is 2.47. The molecule has 9 heteroatoms. The van der Waals surface area contributed by atoms with Gasteiger partial charge < -0.3 is 14.8 Å². The zero-order valence-corrected chi connectivity index (χ0v) is 13.7. The maximum atomic E-state index is 12.4. The molecule has 0 radical (unpaired) electrons. The Kier molecular flexibility index (Phi) is 4.34. The number of ether oxygens (including phenoxy) is 2. The van der Waals surface area contributed by atoms with E-state index in [9.17, 15) is 14.9 Å². The van der Waals surface area contributed by atoms with Gasteiger partial charge >= 0.3 is 0 Å². The second kappa shape index (κ2) is 6.44. The van der Waals surface area contributed by atoms with Crippen LogP contribution in [0.4, 0.5) is 5.69 Å². The van der Waals surface area contributed by atoms with Crippen LogP contribution in [0.5, 0.6) is 11.5 Å². The molecule has 1 aromatic rings. The minimum Gasteiger partial charge on any atom is -0.454 e. The molecule has 1 saturated heterocycles. The highest BCUT2D eigenvalue weighted by Crippen LogP contribution is 2.38. The van der Waals surface area contributed by atoms with E-state index in [1.54, 1.807) is 0 Å². The Balaban J connectivity index is 1.95. The molecule has 2 heterocycles. The maximum Gasteiger partial charge on any atom is 0.280 e. The molecule has 2 aliphatic heterocycles. The first kappa shape index (κ1) is 16.2. The molecule has 2 aliphatic rings. The number of rotatable bonds is 5. The van der Waals surface area contributed by atoms with Crippen molar-refractivity contribution in [3.8, 4) is 11.5 Å². The van der Waals surface area contributed by atoms with Crippen LogP contribution >= 0.6 is 12.2 Å². The largest absolute Gasteiger partial charge is 0.454 e. The third-order valence-electron chi connectivity index (χ3n) is 3.72. The highest BCUT2D eigenvalue weighted by atomic mass is 32.1. The molecule has 1 aromatic carbocycles. The molecule has 0 bridgehead atoms. The molecule has 0 aromatic heterocycles. The summed E-state index contributed by atoms with van der Waals surface area (Å²) in [6.07, 6.45) is 3.17. The van der Waals surface area contributed by atoms with Crippen molar-refractivity contribution in [3.63, 3.8) is 0 Å². The van der Waals surface area contributed by atoms with E-state index in [1.165, 1.54) is 23.1 Å². The van der Waals surface area contributed by atoms with Crippen LogP contribution in [-0.2, 0) is 4.79 Å². The maximum absolute atomic E-state index is 12.4. The number of carbonyl (C=O) groups excluding carboxylic acids is 1. The number of benzene rings is 1. The first-order chi connectivity index (χ1) is 11.5. The molecule has 0 aliphatic carbocycles. The third-order valence-corrected chi connectivity index (χ3v) is 4.04. The van der Waals surface area contributed by atoms with Crippen LogP contribution in [0, 0.1) is 10.1 Å². The van der Waals surface area contributed by atoms with E-state index in [4.69, 9.17) is 21.7 Å². The predicted octanol–water partition coefficient (Wildman–Crippen LogP) is 2.18. The van der Waals surface area contributed by atoms with Crippen molar-refractivity contribution >= 4 is 35.0 Å². The van der Waals surface area contributed by atoms with Crippen molar-refractivity contribution in [3.05, 3.63) is 33.5 Å². The second-order valence-corrected chi connectivity index (χ2v) is 5.71. The Morgan fingerprint density at radius 1 is 1.42 bits per heavy atom. The fraction of sp³-hybridized carbons (Fsp3) is 0.333. The normalized spacial score (nSPS) is 17.5. The van der Waals surface area contributed by atoms with Gasteiger partial charge in [0.05, 0.1) is 16.6 Å². The summed E-state index contributed by atoms with van der Waals surface area (Å²) in [5.74, 6) is 0.429. The Labute approximate surface area is 143 Å². The number of thiocarbonyl (C=S) groups is 1. The van der Waals surface area contributed by atoms with E-state index in [-0.39, 0.29) is 29.6 Å². The summed E-state index contributed by atoms with van der Waals surface area (Å²) in [5, 5.41) is 14.4. The van der Waals surface area contributed by atoms with Gasteiger partial charge in [0.25, 0.3) is 11.6 Å². The van der Waals surface area contributed by atoms with Crippen molar-refractivity contribution in [1.29, 1.82) is 0 Å². The first-order valence-corrected chi connectivity index (χ1v) is 7.84. The van der Waals surface area contributed by atoms with Crippen LogP contribution in [0.1, 0.15) is 25.3 Å².